The first-order valence-corrected chi connectivity index (χ1v) is 9.79. The van der Waals surface area contributed by atoms with Gasteiger partial charge in [-0.2, -0.15) is 0 Å². The first-order chi connectivity index (χ1) is 12.1. The number of hydrogen-bond acceptors (Lipinski definition) is 2. The first kappa shape index (κ1) is 19.4. The van der Waals surface area contributed by atoms with Gasteiger partial charge in [0.1, 0.15) is 5.75 Å². The third-order valence-electron chi connectivity index (χ3n) is 4.63. The van der Waals surface area contributed by atoms with Crippen LogP contribution >= 0.6 is 0 Å². The van der Waals surface area contributed by atoms with Gasteiger partial charge in [0.2, 0.25) is 0 Å². The lowest BCUT2D eigenvalue weighted by Gasteiger charge is -2.19. The van der Waals surface area contributed by atoms with Gasteiger partial charge < -0.3 is 10.5 Å². The minimum absolute atomic E-state index is 0.131. The van der Waals surface area contributed by atoms with Crippen molar-refractivity contribution >= 4 is 11.3 Å². The molecule has 2 nitrogen and oxygen atoms in total. The van der Waals surface area contributed by atoms with Crippen LogP contribution in [0.2, 0.25) is 0 Å². The van der Waals surface area contributed by atoms with Gasteiger partial charge in [0.05, 0.1) is 11.8 Å². The maximum Gasteiger partial charge on any atom is 0.143 e. The van der Waals surface area contributed by atoms with Crippen molar-refractivity contribution in [1.82, 2.24) is 0 Å². The monoisotopic (exact) mass is 339 g/mol. The lowest BCUT2D eigenvalue weighted by molar-refractivity contribution is 0.244. The van der Waals surface area contributed by atoms with E-state index in [0.29, 0.717) is 5.69 Å². The Labute approximate surface area is 153 Å². The van der Waals surface area contributed by atoms with E-state index in [1.807, 2.05) is 33.8 Å². The highest BCUT2D eigenvalue weighted by molar-refractivity contribution is 5.78. The summed E-state index contributed by atoms with van der Waals surface area (Å²) in [5, 5.41) is 0. The van der Waals surface area contributed by atoms with Gasteiger partial charge >= 0.3 is 0 Å². The van der Waals surface area contributed by atoms with Crippen molar-refractivity contribution < 1.29 is 4.74 Å². The normalized spacial score (nSPS) is 17.1. The van der Waals surface area contributed by atoms with Crippen molar-refractivity contribution in [3.63, 3.8) is 0 Å². The van der Waals surface area contributed by atoms with E-state index in [1.165, 1.54) is 48.8 Å². The largest absolute Gasteiger partial charge is 0.489 e. The molecule has 1 aromatic rings. The molecule has 0 aromatic heterocycles. The van der Waals surface area contributed by atoms with Crippen LogP contribution in [0.25, 0.3) is 5.57 Å². The van der Waals surface area contributed by atoms with Crippen LogP contribution in [0.15, 0.2) is 47.6 Å². The Morgan fingerprint density at radius 2 is 1.72 bits per heavy atom. The molecule has 0 aliphatic heterocycles. The molecule has 0 spiro atoms. The molecular weight excluding hydrogens is 306 g/mol. The Hall–Kier alpha value is -1.96. The third kappa shape index (κ3) is 5.26. The fourth-order valence-electron chi connectivity index (χ4n) is 3.39. The summed E-state index contributed by atoms with van der Waals surface area (Å²) in [5.74, 6) is 0.781. The topological polar surface area (TPSA) is 35.2 Å². The number of rotatable bonds is 3. The molecule has 0 amide bonds. The number of ether oxygens (including phenoxy) is 1. The molecule has 25 heavy (non-hydrogen) atoms. The molecule has 3 rings (SSSR count). The number of nitrogen functional groups attached to an aromatic ring is 1. The molecule has 2 heteroatoms. The predicted molar refractivity (Wildman–Crippen MR) is 110 cm³/mol. The molecule has 0 bridgehead atoms. The van der Waals surface area contributed by atoms with E-state index in [-0.39, 0.29) is 6.10 Å². The summed E-state index contributed by atoms with van der Waals surface area (Å²) in [7, 11) is 0. The zero-order valence-electron chi connectivity index (χ0n) is 16.3. The van der Waals surface area contributed by atoms with E-state index in [4.69, 9.17) is 10.5 Å². The Kier molecular flexibility index (Phi) is 7.36. The Morgan fingerprint density at radius 1 is 1.00 bits per heavy atom. The molecule has 1 saturated carbocycles. The van der Waals surface area contributed by atoms with Crippen LogP contribution < -0.4 is 10.5 Å². The first-order valence-electron chi connectivity index (χ1n) is 9.79. The van der Waals surface area contributed by atoms with Crippen molar-refractivity contribution in [1.29, 1.82) is 0 Å². The molecule has 2 N–H and O–H groups in total. The average Bonchev–Trinajstić information content (AvgIpc) is 2.66. The molecule has 0 radical (unpaired) electrons. The molecule has 1 fully saturated rings. The number of hydrogen-bond donors (Lipinski definition) is 1. The summed E-state index contributed by atoms with van der Waals surface area (Å²) in [6.45, 7) is 8.04. The van der Waals surface area contributed by atoms with Gasteiger partial charge in [-0.1, -0.05) is 50.1 Å². The highest BCUT2D eigenvalue weighted by Gasteiger charge is 2.13. The van der Waals surface area contributed by atoms with Crippen LogP contribution in [0, 0.1) is 0 Å². The van der Waals surface area contributed by atoms with Gasteiger partial charge in [-0.3, -0.25) is 0 Å². The Morgan fingerprint density at radius 3 is 2.32 bits per heavy atom. The smallest absolute Gasteiger partial charge is 0.143 e. The molecule has 0 heterocycles. The molecular formula is C23H33NO. The van der Waals surface area contributed by atoms with Crippen LogP contribution in [0.3, 0.4) is 0 Å². The van der Waals surface area contributed by atoms with Gasteiger partial charge in [-0.05, 0) is 74.8 Å². The van der Waals surface area contributed by atoms with Crippen molar-refractivity contribution in [3.05, 3.63) is 53.1 Å². The lowest BCUT2D eigenvalue weighted by atomic mass is 9.87. The predicted octanol–water partition coefficient (Wildman–Crippen LogP) is 6.69. The standard InChI is InChI=1S/C21H27NO.C2H6/c1-15(2)23-21-14-19(12-13-20(21)22)18-10-8-17(9-11-18)16-6-4-3-5-7-16;1-2/h8,10-15H,3-7,9,22H2,1-2H3;1-2H3. The Bertz CT molecular complexity index is 657. The average molecular weight is 340 g/mol. The van der Waals surface area contributed by atoms with Crippen LogP contribution in [-0.2, 0) is 0 Å². The summed E-state index contributed by atoms with van der Waals surface area (Å²) >= 11 is 0. The van der Waals surface area contributed by atoms with Crippen molar-refractivity contribution in [2.75, 3.05) is 5.73 Å². The maximum absolute atomic E-state index is 6.02. The van der Waals surface area contributed by atoms with Crippen molar-refractivity contribution in [2.24, 2.45) is 0 Å². The highest BCUT2D eigenvalue weighted by atomic mass is 16.5. The number of anilines is 1. The number of allylic oxidation sites excluding steroid dienone is 6. The van der Waals surface area contributed by atoms with Gasteiger partial charge in [0.25, 0.3) is 0 Å². The minimum Gasteiger partial charge on any atom is -0.489 e. The van der Waals surface area contributed by atoms with Crippen LogP contribution in [0.4, 0.5) is 5.69 Å². The van der Waals surface area contributed by atoms with Gasteiger partial charge in [0.15, 0.2) is 0 Å². The van der Waals surface area contributed by atoms with E-state index in [1.54, 1.807) is 5.57 Å². The van der Waals surface area contributed by atoms with E-state index >= 15 is 0 Å². The quantitative estimate of drug-likeness (QED) is 0.623. The summed E-state index contributed by atoms with van der Waals surface area (Å²) < 4.78 is 5.81. The second-order valence-electron chi connectivity index (χ2n) is 6.81. The maximum atomic E-state index is 6.02. The van der Waals surface area contributed by atoms with Crippen LogP contribution in [0.1, 0.15) is 71.8 Å². The van der Waals surface area contributed by atoms with Gasteiger partial charge in [-0.25, -0.2) is 0 Å². The van der Waals surface area contributed by atoms with Crippen molar-refractivity contribution in [2.45, 2.75) is 72.3 Å². The SMILES string of the molecule is CC.CC(C)Oc1cc(C2=CCC(=C3CCCCC3)C=C2)ccc1N. The van der Waals surface area contributed by atoms with Gasteiger partial charge in [0, 0.05) is 0 Å². The fourth-order valence-corrected chi connectivity index (χ4v) is 3.39. The molecule has 136 valence electrons. The second-order valence-corrected chi connectivity index (χ2v) is 6.81. The lowest BCUT2D eigenvalue weighted by Crippen LogP contribution is -2.07. The zero-order valence-corrected chi connectivity index (χ0v) is 16.3. The Balaban J connectivity index is 0.00000109. The van der Waals surface area contributed by atoms with E-state index in [9.17, 15) is 0 Å². The third-order valence-corrected chi connectivity index (χ3v) is 4.63. The molecule has 0 unspecified atom stereocenters. The molecule has 0 saturated heterocycles. The van der Waals surface area contributed by atoms with E-state index in [2.05, 4.69) is 30.4 Å². The van der Waals surface area contributed by atoms with Crippen LogP contribution in [-0.4, -0.2) is 6.10 Å². The van der Waals surface area contributed by atoms with Gasteiger partial charge in [-0.15, -0.1) is 0 Å². The number of nitrogens with two attached hydrogens (primary N) is 1. The summed E-state index contributed by atoms with van der Waals surface area (Å²) in [4.78, 5) is 0. The zero-order chi connectivity index (χ0) is 18.2. The second kappa shape index (κ2) is 9.50. The number of benzene rings is 1. The minimum atomic E-state index is 0.131. The molecule has 2 aliphatic carbocycles. The molecule has 2 aliphatic rings. The van der Waals surface area contributed by atoms with Crippen LogP contribution in [0.5, 0.6) is 5.75 Å². The summed E-state index contributed by atoms with van der Waals surface area (Å²) in [6.07, 6.45) is 14.8. The van der Waals surface area contributed by atoms with E-state index in [0.717, 1.165) is 12.2 Å². The molecule has 1 aromatic carbocycles. The van der Waals surface area contributed by atoms with Crippen molar-refractivity contribution in [3.8, 4) is 5.75 Å². The summed E-state index contributed by atoms with van der Waals surface area (Å²) in [6, 6.07) is 6.08. The highest BCUT2D eigenvalue weighted by Crippen LogP contribution is 2.34. The fraction of sp³-hybridized carbons (Fsp3) is 0.478. The summed E-state index contributed by atoms with van der Waals surface area (Å²) in [5.41, 5.74) is 12.4. The molecule has 0 atom stereocenters. The van der Waals surface area contributed by atoms with E-state index < -0.39 is 0 Å².